The van der Waals surface area contributed by atoms with Gasteiger partial charge in [-0.25, -0.2) is 0 Å². The summed E-state index contributed by atoms with van der Waals surface area (Å²) in [4.78, 5) is 16.5. The second-order valence-corrected chi connectivity index (χ2v) is 9.57. The number of rotatable bonds is 9. The Hall–Kier alpha value is -1.11. The molecule has 2 aliphatic rings. The zero-order valence-electron chi connectivity index (χ0n) is 17.0. The minimum atomic E-state index is -0.719. The standard InChI is InChI=1S/C20H37N3O3S/c1-3-21-20(23-16-9-7-12-18(15-16)27(25)4-2)22-14-8-13-19(24)26-17-10-5-6-11-17/h16-18H,3-15H2,1-2H3,(H2,21,22,23). The monoisotopic (exact) mass is 399 g/mol. The second-order valence-electron chi connectivity index (χ2n) is 7.56. The van der Waals surface area contributed by atoms with Gasteiger partial charge in [-0.2, -0.15) is 0 Å². The summed E-state index contributed by atoms with van der Waals surface area (Å²) in [5.41, 5.74) is 0. The Bertz CT molecular complexity index is 507. The summed E-state index contributed by atoms with van der Waals surface area (Å²) in [6, 6.07) is 0.324. The summed E-state index contributed by atoms with van der Waals surface area (Å²) in [6.45, 7) is 5.45. The van der Waals surface area contributed by atoms with Crippen LogP contribution in [0.2, 0.25) is 0 Å². The summed E-state index contributed by atoms with van der Waals surface area (Å²) in [5.74, 6) is 1.45. The predicted molar refractivity (Wildman–Crippen MR) is 111 cm³/mol. The quantitative estimate of drug-likeness (QED) is 0.270. The van der Waals surface area contributed by atoms with Gasteiger partial charge in [0, 0.05) is 47.4 Å². The van der Waals surface area contributed by atoms with Crippen LogP contribution in [-0.4, -0.2) is 52.4 Å². The molecule has 2 rings (SSSR count). The Labute approximate surface area is 166 Å². The molecule has 27 heavy (non-hydrogen) atoms. The van der Waals surface area contributed by atoms with E-state index >= 15 is 0 Å². The number of nitrogens with zero attached hydrogens (tertiary/aromatic N) is 1. The van der Waals surface area contributed by atoms with Gasteiger partial charge in [-0.1, -0.05) is 13.3 Å². The van der Waals surface area contributed by atoms with Crippen molar-refractivity contribution in [3.05, 3.63) is 0 Å². The van der Waals surface area contributed by atoms with Crippen molar-refractivity contribution in [3.8, 4) is 0 Å². The number of guanidine groups is 1. The van der Waals surface area contributed by atoms with Gasteiger partial charge in [0.15, 0.2) is 5.96 Å². The predicted octanol–water partition coefficient (Wildman–Crippen LogP) is 2.89. The van der Waals surface area contributed by atoms with Crippen LogP contribution < -0.4 is 10.6 Å². The van der Waals surface area contributed by atoms with Crippen LogP contribution in [0, 0.1) is 0 Å². The van der Waals surface area contributed by atoms with Crippen LogP contribution >= 0.6 is 0 Å². The van der Waals surface area contributed by atoms with E-state index in [1.54, 1.807) is 0 Å². The van der Waals surface area contributed by atoms with Gasteiger partial charge in [0.2, 0.25) is 0 Å². The van der Waals surface area contributed by atoms with Crippen molar-refractivity contribution in [2.24, 2.45) is 4.99 Å². The van der Waals surface area contributed by atoms with E-state index in [2.05, 4.69) is 15.6 Å². The summed E-state index contributed by atoms with van der Waals surface area (Å²) in [7, 11) is -0.719. The summed E-state index contributed by atoms with van der Waals surface area (Å²) in [5, 5.41) is 7.08. The van der Waals surface area contributed by atoms with Crippen LogP contribution in [0.4, 0.5) is 0 Å². The van der Waals surface area contributed by atoms with Crippen LogP contribution in [0.5, 0.6) is 0 Å². The molecule has 3 atom stereocenters. The number of aliphatic imine (C=N–C) groups is 1. The van der Waals surface area contributed by atoms with Crippen molar-refractivity contribution in [2.45, 2.75) is 95.5 Å². The molecule has 2 fully saturated rings. The Morgan fingerprint density at radius 3 is 2.63 bits per heavy atom. The number of nitrogens with one attached hydrogen (secondary N) is 2. The van der Waals surface area contributed by atoms with Crippen molar-refractivity contribution >= 4 is 22.7 Å². The van der Waals surface area contributed by atoms with E-state index in [0.29, 0.717) is 30.7 Å². The third kappa shape index (κ3) is 8.20. The first-order chi connectivity index (χ1) is 13.1. The van der Waals surface area contributed by atoms with Gasteiger partial charge in [0.05, 0.1) is 0 Å². The first kappa shape index (κ1) is 22.2. The molecule has 0 heterocycles. The van der Waals surface area contributed by atoms with E-state index < -0.39 is 10.8 Å². The first-order valence-electron chi connectivity index (χ1n) is 10.7. The van der Waals surface area contributed by atoms with Gasteiger partial charge in [0.1, 0.15) is 6.10 Å². The molecule has 2 N–H and O–H groups in total. The van der Waals surface area contributed by atoms with Gasteiger partial charge in [-0.15, -0.1) is 0 Å². The topological polar surface area (TPSA) is 79.8 Å². The molecule has 156 valence electrons. The third-order valence-electron chi connectivity index (χ3n) is 5.38. The number of ether oxygens (including phenoxy) is 1. The van der Waals surface area contributed by atoms with Crippen LogP contribution in [0.15, 0.2) is 4.99 Å². The maximum atomic E-state index is 12.1. The number of carbonyl (C=O) groups is 1. The number of hydrogen-bond acceptors (Lipinski definition) is 4. The largest absolute Gasteiger partial charge is 0.462 e. The van der Waals surface area contributed by atoms with E-state index in [-0.39, 0.29) is 12.1 Å². The fourth-order valence-corrected chi connectivity index (χ4v) is 5.28. The minimum Gasteiger partial charge on any atom is -0.462 e. The van der Waals surface area contributed by atoms with Gasteiger partial charge < -0.3 is 15.4 Å². The third-order valence-corrected chi connectivity index (χ3v) is 7.12. The Morgan fingerprint density at radius 1 is 1.15 bits per heavy atom. The molecule has 2 aliphatic carbocycles. The number of carbonyl (C=O) groups excluding carboxylic acids is 1. The van der Waals surface area contributed by atoms with Crippen LogP contribution in [0.25, 0.3) is 0 Å². The molecule has 7 heteroatoms. The molecule has 0 amide bonds. The molecule has 2 saturated carbocycles. The van der Waals surface area contributed by atoms with Crippen molar-refractivity contribution in [3.63, 3.8) is 0 Å². The van der Waals surface area contributed by atoms with Gasteiger partial charge >= 0.3 is 5.97 Å². The van der Waals surface area contributed by atoms with Crippen molar-refractivity contribution in [2.75, 3.05) is 18.8 Å². The molecule has 0 aromatic carbocycles. The zero-order valence-corrected chi connectivity index (χ0v) is 17.8. The lowest BCUT2D eigenvalue weighted by molar-refractivity contribution is -0.148. The van der Waals surface area contributed by atoms with Gasteiger partial charge in [-0.3, -0.25) is 14.0 Å². The summed E-state index contributed by atoms with van der Waals surface area (Å²) in [6.07, 6.45) is 9.88. The van der Waals surface area contributed by atoms with Crippen molar-refractivity contribution in [1.29, 1.82) is 0 Å². The van der Waals surface area contributed by atoms with E-state index in [0.717, 1.165) is 56.8 Å². The van der Waals surface area contributed by atoms with E-state index in [4.69, 9.17) is 4.74 Å². The van der Waals surface area contributed by atoms with E-state index in [9.17, 15) is 9.00 Å². The zero-order chi connectivity index (χ0) is 19.5. The smallest absolute Gasteiger partial charge is 0.306 e. The molecule has 6 nitrogen and oxygen atoms in total. The van der Waals surface area contributed by atoms with Gasteiger partial charge in [-0.05, 0) is 58.3 Å². The van der Waals surface area contributed by atoms with Crippen LogP contribution in [0.1, 0.15) is 78.1 Å². The highest BCUT2D eigenvalue weighted by Gasteiger charge is 2.26. The minimum absolute atomic E-state index is 0.0905. The lowest BCUT2D eigenvalue weighted by Crippen LogP contribution is -2.46. The SMILES string of the molecule is CCNC(=NCCCC(=O)OC1CCCC1)NC1CCCC(S(=O)CC)C1. The molecule has 0 bridgehead atoms. The molecule has 0 aromatic heterocycles. The molecule has 0 aliphatic heterocycles. The van der Waals surface area contributed by atoms with Crippen LogP contribution in [-0.2, 0) is 20.3 Å². The Morgan fingerprint density at radius 2 is 1.93 bits per heavy atom. The van der Waals surface area contributed by atoms with E-state index in [1.165, 1.54) is 12.8 Å². The average molecular weight is 400 g/mol. The summed E-state index contributed by atoms with van der Waals surface area (Å²) < 4.78 is 17.6. The second kappa shape index (κ2) is 12.4. The van der Waals surface area contributed by atoms with E-state index in [1.807, 2.05) is 13.8 Å². The Kier molecular flexibility index (Phi) is 10.2. The van der Waals surface area contributed by atoms with Crippen LogP contribution in [0.3, 0.4) is 0 Å². The van der Waals surface area contributed by atoms with Gasteiger partial charge in [0.25, 0.3) is 0 Å². The highest BCUT2D eigenvalue weighted by Crippen LogP contribution is 2.23. The van der Waals surface area contributed by atoms with Crippen molar-refractivity contribution in [1.82, 2.24) is 10.6 Å². The molecule has 0 spiro atoms. The Balaban J connectivity index is 1.72. The molecular formula is C20H37N3O3S. The highest BCUT2D eigenvalue weighted by atomic mass is 32.2. The molecule has 0 aromatic rings. The fraction of sp³-hybridized carbons (Fsp3) is 0.900. The maximum Gasteiger partial charge on any atom is 0.306 e. The number of hydrogen-bond donors (Lipinski definition) is 2. The maximum absolute atomic E-state index is 12.1. The molecule has 0 radical (unpaired) electrons. The lowest BCUT2D eigenvalue weighted by atomic mass is 9.95. The number of esters is 1. The average Bonchev–Trinajstić information content (AvgIpc) is 3.17. The highest BCUT2D eigenvalue weighted by molar-refractivity contribution is 7.85. The molecule has 0 saturated heterocycles. The van der Waals surface area contributed by atoms with Crippen molar-refractivity contribution < 1.29 is 13.7 Å². The molecule has 3 unspecified atom stereocenters. The fourth-order valence-electron chi connectivity index (χ4n) is 3.93. The summed E-state index contributed by atoms with van der Waals surface area (Å²) >= 11 is 0. The first-order valence-corrected chi connectivity index (χ1v) is 12.1. The molecular weight excluding hydrogens is 362 g/mol. The normalized spacial score (nSPS) is 25.2. The lowest BCUT2D eigenvalue weighted by Gasteiger charge is -2.30.